The Kier molecular flexibility index (Phi) is 2.33. The van der Waals surface area contributed by atoms with Crippen molar-refractivity contribution in [1.29, 1.82) is 0 Å². The Morgan fingerprint density at radius 3 is 3.11 bits per heavy atom. The smallest absolute Gasteiger partial charge is 0.193 e. The van der Waals surface area contributed by atoms with Crippen molar-refractivity contribution in [2.24, 2.45) is 23.0 Å². The molecule has 2 aliphatic carbocycles. The standard InChI is InChI=1S/C14H19N3S/c15-9-14(6-10-1-2-11(14)5-10)7-12-8-17-3-4-18-13(17)16-12/h3-4,8,10-11H,1-2,5-7,9,15H2. The molecule has 3 atom stereocenters. The molecule has 2 N–H and O–H groups in total. The molecule has 2 aliphatic rings. The number of hydrogen-bond donors (Lipinski definition) is 1. The van der Waals surface area contributed by atoms with Crippen LogP contribution >= 0.6 is 11.3 Å². The fraction of sp³-hybridized carbons (Fsp3) is 0.643. The summed E-state index contributed by atoms with van der Waals surface area (Å²) in [6, 6.07) is 0. The molecule has 3 unspecified atom stereocenters. The highest BCUT2D eigenvalue weighted by Crippen LogP contribution is 2.56. The Morgan fingerprint density at radius 2 is 2.44 bits per heavy atom. The lowest BCUT2D eigenvalue weighted by atomic mass is 9.70. The van der Waals surface area contributed by atoms with Crippen molar-refractivity contribution in [1.82, 2.24) is 9.38 Å². The number of hydrogen-bond acceptors (Lipinski definition) is 3. The third-order valence-corrected chi connectivity index (χ3v) is 5.96. The molecule has 2 bridgehead atoms. The van der Waals surface area contributed by atoms with Gasteiger partial charge >= 0.3 is 0 Å². The van der Waals surface area contributed by atoms with Gasteiger partial charge in [-0.25, -0.2) is 4.98 Å². The number of thiazole rings is 1. The Bertz CT molecular complexity index is 544. The summed E-state index contributed by atoms with van der Waals surface area (Å²) in [6.45, 7) is 0.833. The highest BCUT2D eigenvalue weighted by molar-refractivity contribution is 7.15. The van der Waals surface area contributed by atoms with E-state index in [4.69, 9.17) is 10.7 Å². The van der Waals surface area contributed by atoms with Crippen molar-refractivity contribution < 1.29 is 0 Å². The molecule has 0 radical (unpaired) electrons. The second-order valence-corrected chi connectivity index (χ2v) is 7.02. The van der Waals surface area contributed by atoms with E-state index in [9.17, 15) is 0 Å². The second kappa shape index (κ2) is 3.81. The van der Waals surface area contributed by atoms with E-state index in [0.717, 1.165) is 29.8 Å². The minimum absolute atomic E-state index is 0.354. The van der Waals surface area contributed by atoms with Crippen molar-refractivity contribution >= 4 is 16.3 Å². The maximum absolute atomic E-state index is 6.14. The fourth-order valence-corrected chi connectivity index (χ4v) is 5.04. The van der Waals surface area contributed by atoms with E-state index < -0.39 is 0 Å². The van der Waals surface area contributed by atoms with Crippen molar-refractivity contribution in [2.75, 3.05) is 6.54 Å². The van der Waals surface area contributed by atoms with Crippen LogP contribution in [-0.2, 0) is 6.42 Å². The molecule has 0 amide bonds. The molecule has 0 aliphatic heterocycles. The summed E-state index contributed by atoms with van der Waals surface area (Å²) in [7, 11) is 0. The first-order valence-corrected chi connectivity index (χ1v) is 7.78. The van der Waals surface area contributed by atoms with Gasteiger partial charge in [0.1, 0.15) is 0 Å². The number of nitrogens with two attached hydrogens (primary N) is 1. The Balaban J connectivity index is 1.64. The SMILES string of the molecule is NCC1(Cc2cn3ccsc3n2)CC2CCC1C2. The Morgan fingerprint density at radius 1 is 1.50 bits per heavy atom. The summed E-state index contributed by atoms with van der Waals surface area (Å²) in [5.41, 5.74) is 7.73. The van der Waals surface area contributed by atoms with E-state index >= 15 is 0 Å². The number of fused-ring (bicyclic) bond motifs is 3. The summed E-state index contributed by atoms with van der Waals surface area (Å²) in [5.74, 6) is 1.80. The lowest BCUT2D eigenvalue weighted by Gasteiger charge is -2.36. The zero-order valence-electron chi connectivity index (χ0n) is 10.5. The van der Waals surface area contributed by atoms with Crippen LogP contribution < -0.4 is 5.73 Å². The molecular formula is C14H19N3S. The molecule has 3 nitrogen and oxygen atoms in total. The molecule has 4 rings (SSSR count). The normalized spacial score (nSPS) is 34.7. The second-order valence-electron chi connectivity index (χ2n) is 6.15. The van der Waals surface area contributed by atoms with Crippen LogP contribution in [0, 0.1) is 17.3 Å². The van der Waals surface area contributed by atoms with E-state index in [1.165, 1.54) is 31.4 Å². The monoisotopic (exact) mass is 261 g/mol. The number of rotatable bonds is 3. The predicted molar refractivity (Wildman–Crippen MR) is 73.7 cm³/mol. The van der Waals surface area contributed by atoms with Crippen LogP contribution in [0.1, 0.15) is 31.4 Å². The maximum Gasteiger partial charge on any atom is 0.193 e. The Hall–Kier alpha value is -0.870. The van der Waals surface area contributed by atoms with E-state index in [-0.39, 0.29) is 0 Å². The van der Waals surface area contributed by atoms with Crippen molar-refractivity contribution in [3.8, 4) is 0 Å². The molecule has 2 aromatic rings. The first-order valence-electron chi connectivity index (χ1n) is 6.90. The van der Waals surface area contributed by atoms with Gasteiger partial charge in [-0.2, -0.15) is 0 Å². The molecule has 2 aromatic heterocycles. The topological polar surface area (TPSA) is 43.3 Å². The van der Waals surface area contributed by atoms with Crippen LogP contribution in [-0.4, -0.2) is 15.9 Å². The summed E-state index contributed by atoms with van der Waals surface area (Å²) in [6.07, 6.45) is 10.9. The van der Waals surface area contributed by atoms with Crippen LogP contribution in [0.25, 0.3) is 4.96 Å². The summed E-state index contributed by atoms with van der Waals surface area (Å²) in [5, 5.41) is 2.09. The summed E-state index contributed by atoms with van der Waals surface area (Å²) in [4.78, 5) is 5.85. The quantitative estimate of drug-likeness (QED) is 0.923. The molecule has 0 spiro atoms. The van der Waals surface area contributed by atoms with Crippen LogP contribution in [0.4, 0.5) is 0 Å². The van der Waals surface area contributed by atoms with Gasteiger partial charge in [0.05, 0.1) is 5.69 Å². The van der Waals surface area contributed by atoms with Crippen LogP contribution in [0.2, 0.25) is 0 Å². The van der Waals surface area contributed by atoms with Gasteiger partial charge in [0.15, 0.2) is 4.96 Å². The minimum atomic E-state index is 0.354. The van der Waals surface area contributed by atoms with Gasteiger partial charge in [-0.1, -0.05) is 6.42 Å². The van der Waals surface area contributed by atoms with Gasteiger partial charge in [-0.15, -0.1) is 11.3 Å². The molecular weight excluding hydrogens is 242 g/mol. The molecule has 0 aromatic carbocycles. The molecule has 2 saturated carbocycles. The average Bonchev–Trinajstić information content (AvgIpc) is 3.06. The zero-order chi connectivity index (χ0) is 12.2. The zero-order valence-corrected chi connectivity index (χ0v) is 11.3. The van der Waals surface area contributed by atoms with Gasteiger partial charge in [-0.05, 0) is 49.5 Å². The fourth-order valence-electron chi connectivity index (χ4n) is 4.32. The van der Waals surface area contributed by atoms with Crippen LogP contribution in [0.5, 0.6) is 0 Å². The predicted octanol–water partition coefficient (Wildman–Crippen LogP) is 2.70. The van der Waals surface area contributed by atoms with E-state index in [2.05, 4.69) is 22.2 Å². The van der Waals surface area contributed by atoms with Gasteiger partial charge in [0, 0.05) is 17.8 Å². The van der Waals surface area contributed by atoms with E-state index in [1.54, 1.807) is 11.3 Å². The van der Waals surface area contributed by atoms with Gasteiger partial charge < -0.3 is 5.73 Å². The van der Waals surface area contributed by atoms with E-state index in [1.807, 2.05) is 0 Å². The molecule has 0 saturated heterocycles. The molecule has 2 fully saturated rings. The number of nitrogens with zero attached hydrogens (tertiary/aromatic N) is 2. The van der Waals surface area contributed by atoms with Crippen molar-refractivity contribution in [3.05, 3.63) is 23.5 Å². The molecule has 18 heavy (non-hydrogen) atoms. The van der Waals surface area contributed by atoms with Gasteiger partial charge in [-0.3, -0.25) is 4.40 Å². The highest BCUT2D eigenvalue weighted by atomic mass is 32.1. The van der Waals surface area contributed by atoms with Gasteiger partial charge in [0.25, 0.3) is 0 Å². The minimum Gasteiger partial charge on any atom is -0.330 e. The maximum atomic E-state index is 6.14. The molecule has 96 valence electrons. The first kappa shape index (κ1) is 11.0. The van der Waals surface area contributed by atoms with Crippen molar-refractivity contribution in [3.63, 3.8) is 0 Å². The largest absolute Gasteiger partial charge is 0.330 e. The van der Waals surface area contributed by atoms with Gasteiger partial charge in [0.2, 0.25) is 0 Å². The van der Waals surface area contributed by atoms with E-state index in [0.29, 0.717) is 5.41 Å². The lowest BCUT2D eigenvalue weighted by Crippen LogP contribution is -2.38. The Labute approximate surface area is 111 Å². The van der Waals surface area contributed by atoms with Crippen molar-refractivity contribution in [2.45, 2.75) is 32.1 Å². The third-order valence-electron chi connectivity index (χ3n) is 5.19. The summed E-state index contributed by atoms with van der Waals surface area (Å²) >= 11 is 1.71. The molecule has 4 heteroatoms. The highest BCUT2D eigenvalue weighted by Gasteiger charge is 2.50. The summed E-state index contributed by atoms with van der Waals surface area (Å²) < 4.78 is 2.14. The van der Waals surface area contributed by atoms with Crippen LogP contribution in [0.15, 0.2) is 17.8 Å². The first-order chi connectivity index (χ1) is 8.79. The molecule has 2 heterocycles. The number of aromatic nitrogens is 2. The number of imidazole rings is 1. The average molecular weight is 261 g/mol. The van der Waals surface area contributed by atoms with Crippen LogP contribution in [0.3, 0.4) is 0 Å². The lowest BCUT2D eigenvalue weighted by molar-refractivity contribution is 0.170. The third kappa shape index (κ3) is 1.48.